The van der Waals surface area contributed by atoms with Gasteiger partial charge >= 0.3 is 0 Å². The molecule has 0 saturated carbocycles. The van der Waals surface area contributed by atoms with Crippen LogP contribution in [0.1, 0.15) is 20.7 Å². The molecular formula is C16H17Cl2N3O3S. The van der Waals surface area contributed by atoms with Crippen molar-refractivity contribution < 1.29 is 14.7 Å². The van der Waals surface area contributed by atoms with Crippen LogP contribution in [0.25, 0.3) is 0 Å². The Kier molecular flexibility index (Phi) is 6.66. The lowest BCUT2D eigenvalue weighted by Gasteiger charge is -2.27. The predicted octanol–water partition coefficient (Wildman–Crippen LogP) is 2.83. The number of thiophene rings is 1. The molecule has 3 N–H and O–H groups in total. The molecular weight excluding hydrogens is 385 g/mol. The number of piperazine rings is 1. The van der Waals surface area contributed by atoms with Crippen molar-refractivity contribution in [3.63, 3.8) is 0 Å². The molecule has 0 unspecified atom stereocenters. The van der Waals surface area contributed by atoms with Gasteiger partial charge in [-0.2, -0.15) is 0 Å². The number of aromatic hydroxyl groups is 1. The Morgan fingerprint density at radius 2 is 1.92 bits per heavy atom. The van der Waals surface area contributed by atoms with Gasteiger partial charge in [-0.25, -0.2) is 0 Å². The molecule has 0 aliphatic carbocycles. The highest BCUT2D eigenvalue weighted by Crippen LogP contribution is 2.28. The Labute approximate surface area is 160 Å². The largest absolute Gasteiger partial charge is 0.507 e. The lowest BCUT2D eigenvalue weighted by molar-refractivity contribution is 0.0737. The highest BCUT2D eigenvalue weighted by molar-refractivity contribution is 7.14. The van der Waals surface area contributed by atoms with Gasteiger partial charge in [-0.15, -0.1) is 23.7 Å². The number of carbonyl (C=O) groups is 2. The third-order valence-electron chi connectivity index (χ3n) is 3.73. The summed E-state index contributed by atoms with van der Waals surface area (Å²) in [6.07, 6.45) is 0. The maximum Gasteiger partial charge on any atom is 0.260 e. The Bertz CT molecular complexity index is 776. The van der Waals surface area contributed by atoms with Crippen molar-refractivity contribution in [1.82, 2.24) is 10.2 Å². The van der Waals surface area contributed by atoms with Crippen molar-refractivity contribution in [2.75, 3.05) is 31.5 Å². The molecule has 1 fully saturated rings. The monoisotopic (exact) mass is 401 g/mol. The van der Waals surface area contributed by atoms with Crippen LogP contribution in [0.4, 0.5) is 5.00 Å². The fourth-order valence-electron chi connectivity index (χ4n) is 2.48. The summed E-state index contributed by atoms with van der Waals surface area (Å²) in [6, 6.07) is 5.97. The van der Waals surface area contributed by atoms with E-state index in [0.29, 0.717) is 28.7 Å². The summed E-state index contributed by atoms with van der Waals surface area (Å²) < 4.78 is 0. The van der Waals surface area contributed by atoms with E-state index in [1.165, 1.54) is 29.5 Å². The fraction of sp³-hybridized carbons (Fsp3) is 0.250. The van der Waals surface area contributed by atoms with E-state index < -0.39 is 5.91 Å². The number of hydrogen-bond donors (Lipinski definition) is 3. The molecule has 2 heterocycles. The number of rotatable bonds is 3. The van der Waals surface area contributed by atoms with Crippen LogP contribution >= 0.6 is 35.3 Å². The Balaban J connectivity index is 0.00000225. The Morgan fingerprint density at radius 3 is 2.60 bits per heavy atom. The van der Waals surface area contributed by atoms with E-state index in [-0.39, 0.29) is 29.6 Å². The first-order chi connectivity index (χ1) is 11.6. The van der Waals surface area contributed by atoms with Gasteiger partial charge in [0.15, 0.2) is 0 Å². The average molecular weight is 402 g/mol. The number of carbonyl (C=O) groups excluding carboxylic acids is 2. The van der Waals surface area contributed by atoms with Crippen molar-refractivity contribution in [1.29, 1.82) is 0 Å². The highest BCUT2D eigenvalue weighted by Gasteiger charge is 2.23. The molecule has 0 spiro atoms. The van der Waals surface area contributed by atoms with Crippen molar-refractivity contribution in [3.8, 4) is 5.75 Å². The van der Waals surface area contributed by atoms with Gasteiger partial charge in [0.05, 0.1) is 11.1 Å². The summed E-state index contributed by atoms with van der Waals surface area (Å²) in [6.45, 7) is 2.80. The second-order valence-corrected chi connectivity index (χ2v) is 6.67. The van der Waals surface area contributed by atoms with Crippen molar-refractivity contribution >= 4 is 52.2 Å². The predicted molar refractivity (Wildman–Crippen MR) is 101 cm³/mol. The maximum atomic E-state index is 12.6. The number of halogens is 2. The number of amides is 2. The van der Waals surface area contributed by atoms with Crippen LogP contribution in [-0.4, -0.2) is 48.0 Å². The first-order valence-corrected chi connectivity index (χ1v) is 8.69. The van der Waals surface area contributed by atoms with Crippen LogP contribution < -0.4 is 10.6 Å². The number of anilines is 1. The first-order valence-electron chi connectivity index (χ1n) is 7.43. The Morgan fingerprint density at radius 1 is 1.20 bits per heavy atom. The normalized spacial score (nSPS) is 13.9. The molecule has 6 nitrogen and oxygen atoms in total. The van der Waals surface area contributed by atoms with E-state index in [2.05, 4.69) is 10.6 Å². The topological polar surface area (TPSA) is 81.7 Å². The minimum Gasteiger partial charge on any atom is -0.507 e. The average Bonchev–Trinajstić information content (AvgIpc) is 3.03. The zero-order chi connectivity index (χ0) is 17.1. The number of hydrogen-bond acceptors (Lipinski definition) is 5. The van der Waals surface area contributed by atoms with E-state index >= 15 is 0 Å². The van der Waals surface area contributed by atoms with Crippen LogP contribution in [0.2, 0.25) is 5.02 Å². The van der Waals surface area contributed by atoms with Gasteiger partial charge in [0, 0.05) is 31.2 Å². The minimum atomic E-state index is -0.485. The Hall–Kier alpha value is -1.80. The van der Waals surface area contributed by atoms with E-state index in [4.69, 9.17) is 11.6 Å². The van der Waals surface area contributed by atoms with E-state index in [9.17, 15) is 14.7 Å². The molecule has 1 aromatic carbocycles. The van der Waals surface area contributed by atoms with Gasteiger partial charge in [-0.1, -0.05) is 11.6 Å². The van der Waals surface area contributed by atoms with Gasteiger partial charge in [-0.3, -0.25) is 9.59 Å². The summed E-state index contributed by atoms with van der Waals surface area (Å²) in [5, 5.41) is 18.3. The quantitative estimate of drug-likeness (QED) is 0.738. The van der Waals surface area contributed by atoms with E-state index in [0.717, 1.165) is 13.1 Å². The lowest BCUT2D eigenvalue weighted by atomic mass is 10.2. The van der Waals surface area contributed by atoms with Gasteiger partial charge in [0.2, 0.25) is 0 Å². The minimum absolute atomic E-state index is 0. The third kappa shape index (κ3) is 4.43. The van der Waals surface area contributed by atoms with Gasteiger partial charge in [0.1, 0.15) is 10.8 Å². The smallest absolute Gasteiger partial charge is 0.260 e. The number of benzene rings is 1. The maximum absolute atomic E-state index is 12.6. The number of phenols is 1. The van der Waals surface area contributed by atoms with Gasteiger partial charge in [0.25, 0.3) is 11.8 Å². The van der Waals surface area contributed by atoms with E-state index in [1.54, 1.807) is 16.3 Å². The first kappa shape index (κ1) is 19.5. The molecule has 9 heteroatoms. The fourth-order valence-corrected chi connectivity index (χ4v) is 3.42. The van der Waals surface area contributed by atoms with Gasteiger partial charge < -0.3 is 20.6 Å². The zero-order valence-electron chi connectivity index (χ0n) is 13.1. The summed E-state index contributed by atoms with van der Waals surface area (Å²) in [5.41, 5.74) is 0.567. The molecule has 0 radical (unpaired) electrons. The molecule has 2 aromatic rings. The van der Waals surface area contributed by atoms with Gasteiger partial charge in [-0.05, 0) is 29.6 Å². The van der Waals surface area contributed by atoms with Crippen LogP contribution in [0, 0.1) is 0 Å². The van der Waals surface area contributed by atoms with E-state index in [1.807, 2.05) is 0 Å². The van der Waals surface area contributed by atoms with Crippen molar-refractivity contribution in [3.05, 3.63) is 45.8 Å². The molecule has 25 heavy (non-hydrogen) atoms. The van der Waals surface area contributed by atoms with Crippen LogP contribution in [0.5, 0.6) is 5.75 Å². The molecule has 0 bridgehead atoms. The summed E-state index contributed by atoms with van der Waals surface area (Å²) >= 11 is 7.04. The second-order valence-electron chi connectivity index (χ2n) is 5.32. The van der Waals surface area contributed by atoms with Crippen LogP contribution in [0.15, 0.2) is 29.6 Å². The molecule has 134 valence electrons. The third-order valence-corrected chi connectivity index (χ3v) is 4.80. The summed E-state index contributed by atoms with van der Waals surface area (Å²) in [5.74, 6) is -0.791. The molecule has 1 saturated heterocycles. The molecule has 2 amide bonds. The number of phenolic OH excluding ortho intramolecular Hbond substituents is 1. The second kappa shape index (κ2) is 8.53. The van der Waals surface area contributed by atoms with Crippen molar-refractivity contribution in [2.24, 2.45) is 0 Å². The standard InChI is InChI=1S/C16H16ClN3O3S.ClH/c17-10-1-2-11(13(21)9-10)14(22)19-15-12(3-8-24-15)16(23)20-6-4-18-5-7-20;/h1-3,8-9,18,21H,4-7H2,(H,19,22);1H. The zero-order valence-corrected chi connectivity index (χ0v) is 15.5. The molecule has 1 aromatic heterocycles. The molecule has 0 atom stereocenters. The number of nitrogens with one attached hydrogen (secondary N) is 2. The summed E-state index contributed by atoms with van der Waals surface area (Å²) in [4.78, 5) is 26.7. The van der Waals surface area contributed by atoms with Crippen molar-refractivity contribution in [2.45, 2.75) is 0 Å². The van der Waals surface area contributed by atoms with Crippen LogP contribution in [-0.2, 0) is 0 Å². The molecule has 1 aliphatic rings. The molecule has 1 aliphatic heterocycles. The highest BCUT2D eigenvalue weighted by atomic mass is 35.5. The molecule has 3 rings (SSSR count). The SMILES string of the molecule is Cl.O=C(Nc1sccc1C(=O)N1CCNCC1)c1ccc(Cl)cc1O. The summed E-state index contributed by atoms with van der Waals surface area (Å²) in [7, 11) is 0. The number of nitrogens with zero attached hydrogens (tertiary/aromatic N) is 1. The van der Waals surface area contributed by atoms with Crippen LogP contribution in [0.3, 0.4) is 0 Å². The lowest BCUT2D eigenvalue weighted by Crippen LogP contribution is -2.46.